The molecular weight excluding hydrogens is 368 g/mol. The second kappa shape index (κ2) is 8.65. The fourth-order valence-corrected chi connectivity index (χ4v) is 2.95. The summed E-state index contributed by atoms with van der Waals surface area (Å²) in [7, 11) is 1.50. The highest BCUT2D eigenvalue weighted by molar-refractivity contribution is 6.02. The summed E-state index contributed by atoms with van der Waals surface area (Å²) in [6.07, 6.45) is -0.783. The third-order valence-corrected chi connectivity index (χ3v) is 4.84. The number of nitrogens with one attached hydrogen (secondary N) is 2. The lowest BCUT2D eigenvalue weighted by atomic mass is 10.1. The minimum atomic E-state index is -0.783. The van der Waals surface area contributed by atoms with Crippen molar-refractivity contribution in [3.8, 4) is 11.5 Å². The minimum Gasteiger partial charge on any atom is -0.496 e. The molecule has 0 heterocycles. The lowest BCUT2D eigenvalue weighted by Gasteiger charge is -2.17. The molecule has 3 rings (SSSR count). The molecule has 0 aliphatic carbocycles. The summed E-state index contributed by atoms with van der Waals surface area (Å²) in [6.45, 7) is 5.53. The number of hydrazine groups is 1. The van der Waals surface area contributed by atoms with Crippen molar-refractivity contribution in [2.24, 2.45) is 0 Å². The molecule has 6 nitrogen and oxygen atoms in total. The molecule has 0 bridgehead atoms. The number of fused-ring (bicyclic) bond motifs is 1. The van der Waals surface area contributed by atoms with Gasteiger partial charge in [0, 0.05) is 0 Å². The van der Waals surface area contributed by atoms with Crippen LogP contribution in [0.4, 0.5) is 0 Å². The first-order valence-electron chi connectivity index (χ1n) is 9.30. The normalized spacial score (nSPS) is 11.6. The van der Waals surface area contributed by atoms with Gasteiger partial charge in [0.15, 0.2) is 6.10 Å². The molecule has 2 amide bonds. The molecule has 150 valence electrons. The monoisotopic (exact) mass is 392 g/mol. The van der Waals surface area contributed by atoms with Crippen LogP contribution in [0.2, 0.25) is 0 Å². The van der Waals surface area contributed by atoms with Crippen LogP contribution < -0.4 is 20.3 Å². The zero-order valence-corrected chi connectivity index (χ0v) is 16.9. The van der Waals surface area contributed by atoms with Crippen molar-refractivity contribution in [2.45, 2.75) is 26.9 Å². The molecule has 0 aliphatic rings. The highest BCUT2D eigenvalue weighted by Crippen LogP contribution is 2.26. The Labute approximate surface area is 169 Å². The van der Waals surface area contributed by atoms with Crippen LogP contribution in [0.3, 0.4) is 0 Å². The summed E-state index contributed by atoms with van der Waals surface area (Å²) in [5, 5.41) is 1.86. The molecular formula is C23H24N2O4. The summed E-state index contributed by atoms with van der Waals surface area (Å²) in [5.41, 5.74) is 7.22. The van der Waals surface area contributed by atoms with Gasteiger partial charge < -0.3 is 9.47 Å². The fraction of sp³-hybridized carbons (Fsp3) is 0.217. The predicted octanol–water partition coefficient (Wildman–Crippen LogP) is 3.69. The minimum absolute atomic E-state index is 0.328. The second-order valence-electron chi connectivity index (χ2n) is 6.80. The van der Waals surface area contributed by atoms with Gasteiger partial charge >= 0.3 is 0 Å². The molecule has 0 fully saturated rings. The molecule has 3 aromatic carbocycles. The van der Waals surface area contributed by atoms with Gasteiger partial charge in [-0.3, -0.25) is 20.4 Å². The van der Waals surface area contributed by atoms with E-state index in [1.807, 2.05) is 56.3 Å². The van der Waals surface area contributed by atoms with Gasteiger partial charge in [0.05, 0.1) is 12.7 Å². The maximum absolute atomic E-state index is 12.6. The van der Waals surface area contributed by atoms with E-state index in [1.165, 1.54) is 7.11 Å². The van der Waals surface area contributed by atoms with Crippen LogP contribution in [0.25, 0.3) is 10.8 Å². The van der Waals surface area contributed by atoms with Crippen LogP contribution >= 0.6 is 0 Å². The summed E-state index contributed by atoms with van der Waals surface area (Å²) in [4.78, 5) is 25.0. The van der Waals surface area contributed by atoms with Crippen molar-refractivity contribution in [2.75, 3.05) is 7.11 Å². The van der Waals surface area contributed by atoms with Crippen molar-refractivity contribution < 1.29 is 19.1 Å². The molecule has 3 aromatic rings. The Morgan fingerprint density at radius 1 is 0.897 bits per heavy atom. The average Bonchev–Trinajstić information content (AvgIpc) is 2.73. The molecule has 0 saturated heterocycles. The van der Waals surface area contributed by atoms with E-state index in [-0.39, 0.29) is 0 Å². The van der Waals surface area contributed by atoms with Gasteiger partial charge in [0.1, 0.15) is 11.5 Å². The third kappa shape index (κ3) is 4.48. The van der Waals surface area contributed by atoms with Crippen LogP contribution in [-0.4, -0.2) is 25.0 Å². The number of hydrogen-bond donors (Lipinski definition) is 2. The lowest BCUT2D eigenvalue weighted by molar-refractivity contribution is -0.128. The van der Waals surface area contributed by atoms with Gasteiger partial charge in [-0.25, -0.2) is 0 Å². The van der Waals surface area contributed by atoms with E-state index >= 15 is 0 Å². The lowest BCUT2D eigenvalue weighted by Crippen LogP contribution is -2.47. The highest BCUT2D eigenvalue weighted by Gasteiger charge is 2.19. The van der Waals surface area contributed by atoms with Crippen molar-refractivity contribution >= 4 is 22.6 Å². The molecule has 0 spiro atoms. The first-order valence-corrected chi connectivity index (χ1v) is 9.30. The van der Waals surface area contributed by atoms with E-state index < -0.39 is 17.9 Å². The van der Waals surface area contributed by atoms with Gasteiger partial charge in [0.25, 0.3) is 11.8 Å². The SMILES string of the molecule is COc1cc2ccccc2cc1C(=O)NNC(=O)[C@@H](C)Oc1cccc(C)c1C. The van der Waals surface area contributed by atoms with Crippen LogP contribution in [0, 0.1) is 13.8 Å². The number of benzene rings is 3. The zero-order valence-electron chi connectivity index (χ0n) is 16.9. The van der Waals surface area contributed by atoms with Gasteiger partial charge in [0.2, 0.25) is 0 Å². The number of carbonyl (C=O) groups excluding carboxylic acids is 2. The summed E-state index contributed by atoms with van der Waals surface area (Å²) in [5.74, 6) is 0.129. The Hall–Kier alpha value is -3.54. The van der Waals surface area contributed by atoms with Gasteiger partial charge in [-0.1, -0.05) is 36.4 Å². The quantitative estimate of drug-likeness (QED) is 0.649. The van der Waals surface area contributed by atoms with Crippen LogP contribution in [0.1, 0.15) is 28.4 Å². The summed E-state index contributed by atoms with van der Waals surface area (Å²) in [6, 6.07) is 16.8. The number of methoxy groups -OCH3 is 1. The second-order valence-corrected chi connectivity index (χ2v) is 6.80. The molecule has 0 radical (unpaired) electrons. The topological polar surface area (TPSA) is 76.7 Å². The van der Waals surface area contributed by atoms with Crippen molar-refractivity contribution in [1.82, 2.24) is 10.9 Å². The van der Waals surface area contributed by atoms with Crippen LogP contribution in [0.15, 0.2) is 54.6 Å². The van der Waals surface area contributed by atoms with E-state index in [2.05, 4.69) is 10.9 Å². The zero-order chi connectivity index (χ0) is 21.0. The maximum Gasteiger partial charge on any atom is 0.279 e. The van der Waals surface area contributed by atoms with E-state index in [0.717, 1.165) is 21.9 Å². The maximum atomic E-state index is 12.6. The standard InChI is InChI=1S/C23H24N2O4/c1-14-8-7-11-20(15(14)2)29-16(3)22(26)24-25-23(27)19-12-17-9-5-6-10-18(17)13-21(19)28-4/h5-13,16H,1-4H3,(H,24,26)(H,25,27)/t16-/m1/s1. The number of aryl methyl sites for hydroxylation is 1. The first-order chi connectivity index (χ1) is 13.9. The Morgan fingerprint density at radius 3 is 2.28 bits per heavy atom. The molecule has 0 unspecified atom stereocenters. The Kier molecular flexibility index (Phi) is 6.02. The Morgan fingerprint density at radius 2 is 1.59 bits per heavy atom. The Balaban J connectivity index is 1.67. The highest BCUT2D eigenvalue weighted by atomic mass is 16.5. The van der Waals surface area contributed by atoms with Crippen LogP contribution in [0.5, 0.6) is 11.5 Å². The van der Waals surface area contributed by atoms with E-state index in [9.17, 15) is 9.59 Å². The molecule has 2 N–H and O–H groups in total. The van der Waals surface area contributed by atoms with E-state index in [4.69, 9.17) is 9.47 Å². The van der Waals surface area contributed by atoms with Crippen molar-refractivity contribution in [1.29, 1.82) is 0 Å². The predicted molar refractivity (Wildman–Crippen MR) is 112 cm³/mol. The molecule has 6 heteroatoms. The van der Waals surface area contributed by atoms with Gasteiger partial charge in [-0.15, -0.1) is 0 Å². The molecule has 1 atom stereocenters. The molecule has 0 aliphatic heterocycles. The number of hydrogen-bond acceptors (Lipinski definition) is 4. The largest absolute Gasteiger partial charge is 0.496 e. The Bertz CT molecular complexity index is 1060. The molecule has 29 heavy (non-hydrogen) atoms. The number of carbonyl (C=O) groups is 2. The average molecular weight is 392 g/mol. The first kappa shape index (κ1) is 20.2. The fourth-order valence-electron chi connectivity index (χ4n) is 2.95. The molecule has 0 aromatic heterocycles. The summed E-state index contributed by atoms with van der Waals surface area (Å²) < 4.78 is 11.1. The molecule has 0 saturated carbocycles. The van der Waals surface area contributed by atoms with Crippen molar-refractivity contribution in [3.05, 3.63) is 71.3 Å². The van der Waals surface area contributed by atoms with Gasteiger partial charge in [-0.05, 0) is 60.9 Å². The third-order valence-electron chi connectivity index (χ3n) is 4.84. The van der Waals surface area contributed by atoms with Crippen LogP contribution in [-0.2, 0) is 4.79 Å². The number of amides is 2. The van der Waals surface area contributed by atoms with Gasteiger partial charge in [-0.2, -0.15) is 0 Å². The summed E-state index contributed by atoms with van der Waals surface area (Å²) >= 11 is 0. The smallest absolute Gasteiger partial charge is 0.279 e. The van der Waals surface area contributed by atoms with Crippen molar-refractivity contribution in [3.63, 3.8) is 0 Å². The number of ether oxygens (including phenoxy) is 2. The van der Waals surface area contributed by atoms with E-state index in [1.54, 1.807) is 19.1 Å². The number of rotatable bonds is 5. The van der Waals surface area contributed by atoms with E-state index in [0.29, 0.717) is 17.1 Å².